The van der Waals surface area contributed by atoms with Crippen LogP contribution in [0.3, 0.4) is 0 Å². The lowest BCUT2D eigenvalue weighted by Gasteiger charge is -2.16. The van der Waals surface area contributed by atoms with Gasteiger partial charge >= 0.3 is 0 Å². The normalized spacial score (nSPS) is 12.5. The van der Waals surface area contributed by atoms with Crippen LogP contribution in [0.2, 0.25) is 0 Å². The maximum absolute atomic E-state index is 9.77. The Morgan fingerprint density at radius 2 is 1.90 bits per heavy atom. The van der Waals surface area contributed by atoms with Crippen molar-refractivity contribution in [2.45, 2.75) is 39.5 Å². The van der Waals surface area contributed by atoms with Gasteiger partial charge in [0, 0.05) is 6.54 Å². The molecule has 114 valence electrons. The van der Waals surface area contributed by atoms with Crippen molar-refractivity contribution in [3.8, 4) is 11.5 Å². The van der Waals surface area contributed by atoms with Gasteiger partial charge in [0.05, 0.1) is 19.3 Å². The van der Waals surface area contributed by atoms with E-state index < -0.39 is 6.10 Å². The number of aliphatic hydroxyl groups excluding tert-OH is 1. The van der Waals surface area contributed by atoms with Crippen LogP contribution in [0.25, 0.3) is 0 Å². The van der Waals surface area contributed by atoms with Gasteiger partial charge < -0.3 is 25.1 Å². The van der Waals surface area contributed by atoms with Gasteiger partial charge in [-0.1, -0.05) is 6.07 Å². The number of benzene rings is 1. The molecule has 1 aromatic carbocycles. The first-order chi connectivity index (χ1) is 9.56. The molecule has 3 N–H and O–H groups in total. The maximum atomic E-state index is 9.77. The monoisotopic (exact) mass is 283 g/mol. The smallest absolute Gasteiger partial charge is 0.161 e. The summed E-state index contributed by atoms with van der Waals surface area (Å²) in [6, 6.07) is 5.55. The summed E-state index contributed by atoms with van der Waals surface area (Å²) in [7, 11) is 0. The molecule has 0 aliphatic carbocycles. The molecule has 0 amide bonds. The van der Waals surface area contributed by atoms with Gasteiger partial charge in [0.15, 0.2) is 11.5 Å². The second-order valence-electron chi connectivity index (χ2n) is 4.77. The summed E-state index contributed by atoms with van der Waals surface area (Å²) in [5.41, 5.74) is 6.58. The van der Waals surface area contributed by atoms with E-state index in [0.717, 1.165) is 5.56 Å². The molecule has 0 aliphatic heterocycles. The average molecular weight is 283 g/mol. The molecule has 20 heavy (non-hydrogen) atoms. The zero-order chi connectivity index (χ0) is 15.0. The molecule has 0 spiro atoms. The largest absolute Gasteiger partial charge is 0.490 e. The highest BCUT2D eigenvalue weighted by atomic mass is 16.5. The van der Waals surface area contributed by atoms with Crippen molar-refractivity contribution in [1.82, 2.24) is 0 Å². The van der Waals surface area contributed by atoms with Gasteiger partial charge in [-0.05, 0) is 38.5 Å². The van der Waals surface area contributed by atoms with Gasteiger partial charge in [-0.15, -0.1) is 0 Å². The first-order valence-corrected chi connectivity index (χ1v) is 6.95. The fourth-order valence-electron chi connectivity index (χ4n) is 1.60. The lowest BCUT2D eigenvalue weighted by molar-refractivity contribution is -0.0126. The number of hydrogen-bond donors (Lipinski definition) is 2. The molecular weight excluding hydrogens is 258 g/mol. The Balaban J connectivity index is 2.57. The van der Waals surface area contributed by atoms with E-state index in [1.807, 2.05) is 39.0 Å². The summed E-state index contributed by atoms with van der Waals surface area (Å²) in [5, 5.41) is 9.77. The lowest BCUT2D eigenvalue weighted by atomic mass is 10.2. The van der Waals surface area contributed by atoms with E-state index in [1.165, 1.54) is 0 Å². The minimum atomic E-state index is -0.666. The number of rotatable bonds is 9. The quantitative estimate of drug-likeness (QED) is 0.721. The van der Waals surface area contributed by atoms with E-state index >= 15 is 0 Å². The summed E-state index contributed by atoms with van der Waals surface area (Å²) in [4.78, 5) is 0. The van der Waals surface area contributed by atoms with Crippen LogP contribution in [0.4, 0.5) is 0 Å². The summed E-state index contributed by atoms with van der Waals surface area (Å²) in [6.07, 6.45) is -0.575. The zero-order valence-corrected chi connectivity index (χ0v) is 12.5. The Morgan fingerprint density at radius 1 is 1.15 bits per heavy atom. The third-order valence-electron chi connectivity index (χ3n) is 2.60. The molecule has 5 heteroatoms. The third kappa shape index (κ3) is 5.77. The molecule has 0 fully saturated rings. The number of aliphatic hydroxyl groups is 1. The number of ether oxygens (including phenoxy) is 3. The topological polar surface area (TPSA) is 73.9 Å². The fraction of sp³-hybridized carbons (Fsp3) is 0.600. The van der Waals surface area contributed by atoms with Crippen LogP contribution in [0.15, 0.2) is 18.2 Å². The molecule has 0 bridgehead atoms. The van der Waals surface area contributed by atoms with Crippen molar-refractivity contribution in [1.29, 1.82) is 0 Å². The second-order valence-corrected chi connectivity index (χ2v) is 4.77. The predicted octanol–water partition coefficient (Wildman–Crippen LogP) is 1.71. The summed E-state index contributed by atoms with van der Waals surface area (Å²) >= 11 is 0. The van der Waals surface area contributed by atoms with E-state index in [4.69, 9.17) is 19.9 Å². The Kier molecular flexibility index (Phi) is 7.36. The van der Waals surface area contributed by atoms with Crippen molar-refractivity contribution in [2.24, 2.45) is 5.73 Å². The Labute approximate surface area is 120 Å². The average Bonchev–Trinajstić information content (AvgIpc) is 2.43. The standard InChI is InChI=1S/C15H25NO4/c1-4-18-15-7-12(8-16)5-6-14(15)20-10-13(17)9-19-11(2)3/h5-7,11,13,17H,4,8-10,16H2,1-3H3. The van der Waals surface area contributed by atoms with Crippen molar-refractivity contribution >= 4 is 0 Å². The second kappa shape index (κ2) is 8.79. The number of nitrogens with two attached hydrogens (primary N) is 1. The molecule has 0 heterocycles. The molecule has 1 atom stereocenters. The van der Waals surface area contributed by atoms with Gasteiger partial charge in [0.1, 0.15) is 12.7 Å². The molecule has 1 aromatic rings. The van der Waals surface area contributed by atoms with Gasteiger partial charge in [-0.3, -0.25) is 0 Å². The molecule has 1 unspecified atom stereocenters. The first-order valence-electron chi connectivity index (χ1n) is 6.95. The van der Waals surface area contributed by atoms with Gasteiger partial charge in [-0.25, -0.2) is 0 Å². The van der Waals surface area contributed by atoms with Gasteiger partial charge in [0.25, 0.3) is 0 Å². The molecule has 0 radical (unpaired) electrons. The summed E-state index contributed by atoms with van der Waals surface area (Å²) < 4.78 is 16.4. The van der Waals surface area contributed by atoms with Crippen molar-refractivity contribution in [3.05, 3.63) is 23.8 Å². The zero-order valence-electron chi connectivity index (χ0n) is 12.5. The predicted molar refractivity (Wildman–Crippen MR) is 78.1 cm³/mol. The molecular formula is C15H25NO4. The van der Waals surface area contributed by atoms with E-state index in [9.17, 15) is 5.11 Å². The van der Waals surface area contributed by atoms with E-state index in [0.29, 0.717) is 24.7 Å². The third-order valence-corrected chi connectivity index (χ3v) is 2.60. The van der Waals surface area contributed by atoms with Gasteiger partial charge in [0.2, 0.25) is 0 Å². The molecule has 0 saturated carbocycles. The Hall–Kier alpha value is -1.30. The van der Waals surface area contributed by atoms with Crippen molar-refractivity contribution in [2.75, 3.05) is 19.8 Å². The Bertz CT molecular complexity index is 395. The Morgan fingerprint density at radius 3 is 2.50 bits per heavy atom. The summed E-state index contributed by atoms with van der Waals surface area (Å²) in [5.74, 6) is 1.25. The summed E-state index contributed by atoms with van der Waals surface area (Å²) in [6.45, 7) is 7.16. The van der Waals surface area contributed by atoms with Crippen LogP contribution in [0, 0.1) is 0 Å². The molecule has 1 rings (SSSR count). The highest BCUT2D eigenvalue weighted by molar-refractivity contribution is 5.43. The van der Waals surface area contributed by atoms with Crippen LogP contribution >= 0.6 is 0 Å². The highest BCUT2D eigenvalue weighted by Gasteiger charge is 2.10. The molecule has 0 aliphatic rings. The van der Waals surface area contributed by atoms with Crippen molar-refractivity contribution < 1.29 is 19.3 Å². The van der Waals surface area contributed by atoms with Gasteiger partial charge in [-0.2, -0.15) is 0 Å². The minimum absolute atomic E-state index is 0.0903. The van der Waals surface area contributed by atoms with E-state index in [1.54, 1.807) is 0 Å². The SMILES string of the molecule is CCOc1cc(CN)ccc1OCC(O)COC(C)C. The molecule has 5 nitrogen and oxygen atoms in total. The van der Waals surface area contributed by atoms with Crippen LogP contribution in [0.5, 0.6) is 11.5 Å². The van der Waals surface area contributed by atoms with Crippen molar-refractivity contribution in [3.63, 3.8) is 0 Å². The minimum Gasteiger partial charge on any atom is -0.490 e. The van der Waals surface area contributed by atoms with E-state index in [2.05, 4.69) is 0 Å². The lowest BCUT2D eigenvalue weighted by Crippen LogP contribution is -2.25. The van der Waals surface area contributed by atoms with E-state index in [-0.39, 0.29) is 19.3 Å². The number of hydrogen-bond acceptors (Lipinski definition) is 5. The van der Waals surface area contributed by atoms with Crippen LogP contribution < -0.4 is 15.2 Å². The maximum Gasteiger partial charge on any atom is 0.161 e. The van der Waals surface area contributed by atoms with Crippen LogP contribution in [0.1, 0.15) is 26.3 Å². The first kappa shape index (κ1) is 16.8. The van der Waals surface area contributed by atoms with Crippen LogP contribution in [-0.2, 0) is 11.3 Å². The molecule has 0 aromatic heterocycles. The van der Waals surface area contributed by atoms with Crippen LogP contribution in [-0.4, -0.2) is 37.1 Å². The molecule has 0 saturated heterocycles. The highest BCUT2D eigenvalue weighted by Crippen LogP contribution is 2.28. The fourth-order valence-corrected chi connectivity index (χ4v) is 1.60.